The summed E-state index contributed by atoms with van der Waals surface area (Å²) in [5.41, 5.74) is 1.23. The molecule has 2 aromatic carbocycles. The molecule has 6 nitrogen and oxygen atoms in total. The number of hydrogen-bond donors (Lipinski definition) is 2. The van der Waals surface area contributed by atoms with Crippen molar-refractivity contribution in [1.82, 2.24) is 0 Å². The van der Waals surface area contributed by atoms with Crippen LogP contribution in [0.5, 0.6) is 5.75 Å². The molecule has 1 atom stereocenters. The van der Waals surface area contributed by atoms with Gasteiger partial charge in [-0.15, -0.1) is 11.8 Å². The summed E-state index contributed by atoms with van der Waals surface area (Å²) >= 11 is 1.45. The number of thioether (sulfide) groups is 1. The van der Waals surface area contributed by atoms with Crippen molar-refractivity contribution in [3.63, 3.8) is 0 Å². The molecule has 0 saturated heterocycles. The summed E-state index contributed by atoms with van der Waals surface area (Å²) in [5.74, 6) is 0.447. The second-order valence-corrected chi connectivity index (χ2v) is 11.3. The van der Waals surface area contributed by atoms with Crippen molar-refractivity contribution in [2.24, 2.45) is 5.41 Å². The summed E-state index contributed by atoms with van der Waals surface area (Å²) in [6, 6.07) is 13.3. The summed E-state index contributed by atoms with van der Waals surface area (Å²) in [7, 11) is -3.61. The van der Waals surface area contributed by atoms with E-state index in [0.29, 0.717) is 18.0 Å². The van der Waals surface area contributed by atoms with Crippen LogP contribution in [0.3, 0.4) is 0 Å². The molecule has 0 aromatic heterocycles. The molecule has 1 aliphatic rings. The molecule has 0 aliphatic carbocycles. The van der Waals surface area contributed by atoms with Gasteiger partial charge < -0.3 is 19.8 Å². The summed E-state index contributed by atoms with van der Waals surface area (Å²) in [5, 5.41) is 18.1. The molecule has 0 spiro atoms. The largest absolute Gasteiger partial charge is 0.464 e. The number of sulfone groups is 1. The first-order valence-electron chi connectivity index (χ1n) is 11.2. The van der Waals surface area contributed by atoms with Gasteiger partial charge in [0.1, 0.15) is 5.75 Å². The first kappa shape index (κ1) is 25.6. The first-order chi connectivity index (χ1) is 15.7. The molecule has 1 aliphatic heterocycles. The lowest BCUT2D eigenvalue weighted by Gasteiger charge is -2.36. The monoisotopic (exact) mass is 491 g/mol. The predicted molar refractivity (Wildman–Crippen MR) is 134 cm³/mol. The molecule has 0 fully saturated rings. The second kappa shape index (κ2) is 11.0. The number of para-hydroxylation sites is 1. The molecule has 2 N–H and O–H groups in total. The van der Waals surface area contributed by atoms with Gasteiger partial charge in [-0.3, -0.25) is 0 Å². The van der Waals surface area contributed by atoms with Gasteiger partial charge >= 0.3 is 0 Å². The number of unbranched alkanes of at least 4 members (excludes halogenated alkanes) is 1. The van der Waals surface area contributed by atoms with Gasteiger partial charge in [-0.2, -0.15) is 0 Å². The van der Waals surface area contributed by atoms with Crippen molar-refractivity contribution in [3.05, 3.63) is 54.8 Å². The number of rotatable bonds is 9. The van der Waals surface area contributed by atoms with Crippen LogP contribution in [-0.2, 0) is 9.84 Å². The van der Waals surface area contributed by atoms with Gasteiger partial charge in [0.15, 0.2) is 16.1 Å². The molecular weight excluding hydrogens is 458 g/mol. The Balaban J connectivity index is 2.21. The summed E-state index contributed by atoms with van der Waals surface area (Å²) in [6.45, 7) is 4.82. The lowest BCUT2D eigenvalue weighted by molar-refractivity contribution is 0.00121. The lowest BCUT2D eigenvalue weighted by Crippen LogP contribution is -2.37. The minimum absolute atomic E-state index is 0.0794. The van der Waals surface area contributed by atoms with Crippen molar-refractivity contribution in [1.29, 1.82) is 0 Å². The Morgan fingerprint density at radius 3 is 2.55 bits per heavy atom. The number of ether oxygens (including phenoxy) is 1. The summed E-state index contributed by atoms with van der Waals surface area (Å²) in [6.07, 6.45) is 6.08. The molecule has 0 radical (unpaired) electrons. The average Bonchev–Trinajstić information content (AvgIpc) is 2.90. The van der Waals surface area contributed by atoms with Crippen molar-refractivity contribution in [3.8, 4) is 5.75 Å². The van der Waals surface area contributed by atoms with Gasteiger partial charge in [-0.1, -0.05) is 44.9 Å². The smallest absolute Gasteiger partial charge is 0.181 e. The maximum atomic E-state index is 13.8. The SMILES string of the molecule is CCCC[C@@]1(CC)CN(c2ccccc2)c2cc(SC)c(O/C=C\C(O)O)cc2S(=O)(=O)C1. The van der Waals surface area contributed by atoms with Gasteiger partial charge in [-0.05, 0) is 37.3 Å². The maximum absolute atomic E-state index is 13.8. The molecular formula is C25H33NO5S2. The van der Waals surface area contributed by atoms with Gasteiger partial charge in [-0.25, -0.2) is 8.42 Å². The van der Waals surface area contributed by atoms with Crippen LogP contribution in [0.15, 0.2) is 64.6 Å². The Hall–Kier alpha value is -2.00. The van der Waals surface area contributed by atoms with Crippen molar-refractivity contribution in [2.75, 3.05) is 23.5 Å². The van der Waals surface area contributed by atoms with E-state index in [4.69, 9.17) is 14.9 Å². The van der Waals surface area contributed by atoms with Crippen LogP contribution < -0.4 is 9.64 Å². The fraction of sp³-hybridized carbons (Fsp3) is 0.440. The highest BCUT2D eigenvalue weighted by Crippen LogP contribution is 2.47. The fourth-order valence-electron chi connectivity index (χ4n) is 4.30. The Labute approximate surface area is 201 Å². The highest BCUT2D eigenvalue weighted by Gasteiger charge is 2.41. The lowest BCUT2D eigenvalue weighted by atomic mass is 9.81. The Morgan fingerprint density at radius 1 is 1.21 bits per heavy atom. The summed E-state index contributed by atoms with van der Waals surface area (Å²) in [4.78, 5) is 3.14. The van der Waals surface area contributed by atoms with Crippen molar-refractivity contribution < 1.29 is 23.4 Å². The minimum Gasteiger partial charge on any atom is -0.464 e. The fourth-order valence-corrected chi connectivity index (χ4v) is 7.02. The van der Waals surface area contributed by atoms with Crippen LogP contribution in [0.1, 0.15) is 39.5 Å². The van der Waals surface area contributed by atoms with Crippen LogP contribution in [0, 0.1) is 5.41 Å². The zero-order valence-corrected chi connectivity index (χ0v) is 21.0. The molecule has 0 bridgehead atoms. The van der Waals surface area contributed by atoms with E-state index in [1.807, 2.05) is 42.7 Å². The number of nitrogens with zero attached hydrogens (tertiary/aromatic N) is 1. The molecule has 3 rings (SSSR count). The number of aliphatic hydroxyl groups excluding tert-OH is 1. The second-order valence-electron chi connectivity index (χ2n) is 8.47. The normalized spacial score (nSPS) is 20.1. The van der Waals surface area contributed by atoms with E-state index < -0.39 is 16.1 Å². The van der Waals surface area contributed by atoms with Gasteiger partial charge in [0.2, 0.25) is 0 Å². The molecule has 180 valence electrons. The third-order valence-corrected chi connectivity index (χ3v) is 8.93. The van der Waals surface area contributed by atoms with Crippen molar-refractivity contribution >= 4 is 33.0 Å². The number of aliphatic hydroxyl groups is 2. The topological polar surface area (TPSA) is 87.1 Å². The third kappa shape index (κ3) is 5.93. The average molecular weight is 492 g/mol. The zero-order valence-electron chi connectivity index (χ0n) is 19.4. The van der Waals surface area contributed by atoms with Crippen LogP contribution in [0.4, 0.5) is 11.4 Å². The standard InChI is InChI=1S/C25H33NO5S2/c1-4-6-13-25(5-2)17-26(19-10-8-7-9-11-19)20-15-22(32-3)21(31-14-12-24(27)28)16-23(20)33(29,30)18-25/h7-12,14-16,24,27-28H,4-6,13,17-18H2,1-3H3/b14-12-/t25-/m0/s1. The molecule has 8 heteroatoms. The van der Waals surface area contributed by atoms with E-state index in [-0.39, 0.29) is 16.1 Å². The van der Waals surface area contributed by atoms with Crippen LogP contribution in [0.25, 0.3) is 0 Å². The maximum Gasteiger partial charge on any atom is 0.181 e. The number of anilines is 2. The van der Waals surface area contributed by atoms with Gasteiger partial charge in [0.05, 0.1) is 27.5 Å². The highest BCUT2D eigenvalue weighted by molar-refractivity contribution is 7.98. The third-order valence-electron chi connectivity index (χ3n) is 6.19. The predicted octanol–water partition coefficient (Wildman–Crippen LogP) is 5.12. The molecule has 0 unspecified atom stereocenters. The zero-order chi connectivity index (χ0) is 24.1. The van der Waals surface area contributed by atoms with Crippen LogP contribution in [0.2, 0.25) is 0 Å². The number of benzene rings is 2. The van der Waals surface area contributed by atoms with Gasteiger partial charge in [0.25, 0.3) is 0 Å². The molecule has 0 saturated carbocycles. The van der Waals surface area contributed by atoms with E-state index in [0.717, 1.165) is 42.3 Å². The molecule has 2 aromatic rings. The van der Waals surface area contributed by atoms with Crippen LogP contribution in [-0.4, -0.2) is 43.5 Å². The minimum atomic E-state index is -3.61. The van der Waals surface area contributed by atoms with Crippen molar-refractivity contribution in [2.45, 2.75) is 55.6 Å². The number of fused-ring (bicyclic) bond motifs is 1. The van der Waals surface area contributed by atoms with E-state index in [1.54, 1.807) is 6.07 Å². The Kier molecular flexibility index (Phi) is 8.50. The molecule has 33 heavy (non-hydrogen) atoms. The van der Waals surface area contributed by atoms with Gasteiger partial charge in [0, 0.05) is 29.8 Å². The Morgan fingerprint density at radius 2 is 1.94 bits per heavy atom. The molecule has 0 amide bonds. The van der Waals surface area contributed by atoms with E-state index in [9.17, 15) is 8.42 Å². The quantitative estimate of drug-likeness (QED) is 0.286. The summed E-state index contributed by atoms with van der Waals surface area (Å²) < 4.78 is 33.1. The van der Waals surface area contributed by atoms with Crippen LogP contribution >= 0.6 is 11.8 Å². The van der Waals surface area contributed by atoms with E-state index >= 15 is 0 Å². The Bertz CT molecular complexity index is 1070. The first-order valence-corrected chi connectivity index (χ1v) is 14.1. The highest BCUT2D eigenvalue weighted by atomic mass is 32.2. The van der Waals surface area contributed by atoms with E-state index in [2.05, 4.69) is 18.7 Å². The molecule has 1 heterocycles. The van der Waals surface area contributed by atoms with E-state index in [1.165, 1.54) is 18.0 Å². The number of hydrogen-bond acceptors (Lipinski definition) is 7.